The number of nitrogens with zero attached hydrogens (tertiary/aromatic N) is 4. The summed E-state index contributed by atoms with van der Waals surface area (Å²) in [5.74, 6) is 0.334. The van der Waals surface area contributed by atoms with Crippen LogP contribution < -0.4 is 16.0 Å². The van der Waals surface area contributed by atoms with Crippen molar-refractivity contribution in [2.24, 2.45) is 0 Å². The van der Waals surface area contributed by atoms with E-state index < -0.39 is 4.92 Å². The molecule has 2 aromatic rings. The maximum absolute atomic E-state index is 11.5. The van der Waals surface area contributed by atoms with E-state index >= 15 is 0 Å². The van der Waals surface area contributed by atoms with Crippen LogP contribution in [0.5, 0.6) is 0 Å². The molecule has 9 nitrogen and oxygen atoms in total. The van der Waals surface area contributed by atoms with Crippen molar-refractivity contribution in [2.45, 2.75) is 32.6 Å². The van der Waals surface area contributed by atoms with E-state index in [-0.39, 0.29) is 35.5 Å². The molecular formula is C17H22N6O3. The number of nitro groups is 1. The number of nitrogen functional groups attached to an aromatic ring is 1. The van der Waals surface area contributed by atoms with Crippen LogP contribution in [0.4, 0.5) is 23.3 Å². The third kappa shape index (κ3) is 3.99. The molecule has 1 saturated heterocycles. The van der Waals surface area contributed by atoms with Crippen LogP contribution in [0, 0.1) is 10.1 Å². The number of aromatic nitrogens is 2. The van der Waals surface area contributed by atoms with Gasteiger partial charge in [0.05, 0.1) is 17.1 Å². The van der Waals surface area contributed by atoms with Crippen molar-refractivity contribution in [2.75, 3.05) is 29.0 Å². The Morgan fingerprint density at radius 1 is 1.27 bits per heavy atom. The Labute approximate surface area is 151 Å². The maximum atomic E-state index is 11.5. The minimum atomic E-state index is -0.531. The highest BCUT2D eigenvalue weighted by molar-refractivity contribution is 5.71. The van der Waals surface area contributed by atoms with Gasteiger partial charge in [-0.3, -0.25) is 10.1 Å². The second-order valence-corrected chi connectivity index (χ2v) is 6.36. The van der Waals surface area contributed by atoms with E-state index in [0.29, 0.717) is 19.6 Å². The highest BCUT2D eigenvalue weighted by Gasteiger charge is 2.32. The van der Waals surface area contributed by atoms with Gasteiger partial charge < -0.3 is 20.7 Å². The molecule has 1 aliphatic heterocycles. The van der Waals surface area contributed by atoms with E-state index in [1.807, 2.05) is 49.1 Å². The number of hydrogen-bond donors (Lipinski definition) is 2. The van der Waals surface area contributed by atoms with Gasteiger partial charge in [-0.25, -0.2) is 0 Å². The van der Waals surface area contributed by atoms with Gasteiger partial charge >= 0.3 is 5.69 Å². The number of rotatable bonds is 5. The van der Waals surface area contributed by atoms with Crippen LogP contribution in [0.2, 0.25) is 0 Å². The summed E-state index contributed by atoms with van der Waals surface area (Å²) in [4.78, 5) is 21.3. The summed E-state index contributed by atoms with van der Waals surface area (Å²) in [6.07, 6.45) is -0.120. The van der Waals surface area contributed by atoms with Crippen LogP contribution in [0.3, 0.4) is 0 Å². The van der Waals surface area contributed by atoms with Crippen LogP contribution in [-0.2, 0) is 11.3 Å². The zero-order valence-corrected chi connectivity index (χ0v) is 14.8. The van der Waals surface area contributed by atoms with Crippen molar-refractivity contribution in [3.05, 3.63) is 46.0 Å². The molecule has 0 bridgehead atoms. The number of ether oxygens (including phenoxy) is 1. The predicted molar refractivity (Wildman–Crippen MR) is 99.1 cm³/mol. The van der Waals surface area contributed by atoms with E-state index in [4.69, 9.17) is 10.5 Å². The normalized spacial score (nSPS) is 20.0. The summed E-state index contributed by atoms with van der Waals surface area (Å²) in [7, 11) is 0. The van der Waals surface area contributed by atoms with Crippen molar-refractivity contribution in [3.8, 4) is 0 Å². The monoisotopic (exact) mass is 358 g/mol. The molecule has 2 heterocycles. The standard InChI is InChI=1S/C17H22N6O3/c1-11-9-22(10-12(2)26-11)16-14(23(24)25)15(18)20-17(21-16)19-8-13-6-4-3-5-7-13/h3-7,11-12H,8-10H2,1-2H3,(H3,18,19,20,21)/t11-,12-/m1/s1. The molecule has 1 aromatic carbocycles. The molecule has 1 aromatic heterocycles. The molecule has 0 radical (unpaired) electrons. The van der Waals surface area contributed by atoms with Crippen LogP contribution >= 0.6 is 0 Å². The molecule has 0 unspecified atom stereocenters. The fourth-order valence-corrected chi connectivity index (χ4v) is 3.06. The largest absolute Gasteiger partial charge is 0.378 e. The second-order valence-electron chi connectivity index (χ2n) is 6.36. The van der Waals surface area contributed by atoms with Gasteiger partial charge in [-0.1, -0.05) is 30.3 Å². The van der Waals surface area contributed by atoms with Crippen molar-refractivity contribution in [1.82, 2.24) is 9.97 Å². The number of morpholine rings is 1. The molecule has 3 N–H and O–H groups in total. The molecule has 0 amide bonds. The van der Waals surface area contributed by atoms with Crippen LogP contribution in [-0.4, -0.2) is 40.2 Å². The van der Waals surface area contributed by atoms with E-state index in [0.717, 1.165) is 5.56 Å². The lowest BCUT2D eigenvalue weighted by Gasteiger charge is -2.35. The average molecular weight is 358 g/mol. The lowest BCUT2D eigenvalue weighted by atomic mass is 10.2. The van der Waals surface area contributed by atoms with E-state index in [9.17, 15) is 10.1 Å². The molecule has 3 rings (SSSR count). The lowest BCUT2D eigenvalue weighted by Crippen LogP contribution is -2.46. The summed E-state index contributed by atoms with van der Waals surface area (Å²) in [5.41, 5.74) is 6.65. The third-order valence-electron chi connectivity index (χ3n) is 4.09. The van der Waals surface area contributed by atoms with Crippen LogP contribution in [0.15, 0.2) is 30.3 Å². The summed E-state index contributed by atoms with van der Waals surface area (Å²) in [6.45, 7) is 5.34. The number of anilines is 3. The molecule has 26 heavy (non-hydrogen) atoms. The second kappa shape index (κ2) is 7.52. The van der Waals surface area contributed by atoms with Crippen LogP contribution in [0.1, 0.15) is 19.4 Å². The van der Waals surface area contributed by atoms with Gasteiger partial charge in [0.25, 0.3) is 0 Å². The topological polar surface area (TPSA) is 119 Å². The Hall–Kier alpha value is -2.94. The summed E-state index contributed by atoms with van der Waals surface area (Å²) >= 11 is 0. The zero-order valence-electron chi connectivity index (χ0n) is 14.8. The minimum Gasteiger partial charge on any atom is -0.378 e. The molecule has 0 saturated carbocycles. The van der Waals surface area contributed by atoms with Gasteiger partial charge in [0.15, 0.2) is 0 Å². The Bertz CT molecular complexity index is 776. The fourth-order valence-electron chi connectivity index (χ4n) is 3.06. The summed E-state index contributed by atoms with van der Waals surface area (Å²) in [5, 5.41) is 14.6. The van der Waals surface area contributed by atoms with Gasteiger partial charge in [-0.2, -0.15) is 9.97 Å². The van der Waals surface area contributed by atoms with E-state index in [2.05, 4.69) is 15.3 Å². The number of nitrogens with one attached hydrogen (secondary N) is 1. The predicted octanol–water partition coefficient (Wildman–Crippen LogP) is 2.19. The molecule has 138 valence electrons. The zero-order chi connectivity index (χ0) is 18.7. The molecule has 2 atom stereocenters. The highest BCUT2D eigenvalue weighted by Crippen LogP contribution is 2.33. The maximum Gasteiger partial charge on any atom is 0.353 e. The Morgan fingerprint density at radius 3 is 2.54 bits per heavy atom. The highest BCUT2D eigenvalue weighted by atomic mass is 16.6. The molecule has 9 heteroatoms. The van der Waals surface area contributed by atoms with Crippen molar-refractivity contribution in [1.29, 1.82) is 0 Å². The van der Waals surface area contributed by atoms with Gasteiger partial charge in [0, 0.05) is 19.6 Å². The quantitative estimate of drug-likeness (QED) is 0.616. The van der Waals surface area contributed by atoms with Crippen molar-refractivity contribution >= 4 is 23.3 Å². The van der Waals surface area contributed by atoms with Crippen molar-refractivity contribution in [3.63, 3.8) is 0 Å². The first kappa shape index (κ1) is 17.9. The SMILES string of the molecule is C[C@@H]1CN(c2nc(NCc3ccccc3)nc(N)c2[N+](=O)[O-])C[C@@H](C)O1. The average Bonchev–Trinajstić information content (AvgIpc) is 2.59. The Kier molecular flexibility index (Phi) is 5.17. The van der Waals surface area contributed by atoms with Gasteiger partial charge in [0.2, 0.25) is 17.6 Å². The number of hydrogen-bond acceptors (Lipinski definition) is 8. The van der Waals surface area contributed by atoms with Gasteiger partial charge in [-0.05, 0) is 19.4 Å². The molecule has 1 fully saturated rings. The lowest BCUT2D eigenvalue weighted by molar-refractivity contribution is -0.383. The molecular weight excluding hydrogens is 336 g/mol. The summed E-state index contributed by atoms with van der Waals surface area (Å²) < 4.78 is 5.70. The number of nitrogens with two attached hydrogens (primary N) is 1. The summed E-state index contributed by atoms with van der Waals surface area (Å²) in [6, 6.07) is 9.73. The smallest absolute Gasteiger partial charge is 0.353 e. The third-order valence-corrected chi connectivity index (χ3v) is 4.09. The van der Waals surface area contributed by atoms with Crippen molar-refractivity contribution < 1.29 is 9.66 Å². The Balaban J connectivity index is 1.90. The number of benzene rings is 1. The van der Waals surface area contributed by atoms with E-state index in [1.165, 1.54) is 0 Å². The van der Waals surface area contributed by atoms with Crippen LogP contribution in [0.25, 0.3) is 0 Å². The fraction of sp³-hybridized carbons (Fsp3) is 0.412. The molecule has 0 spiro atoms. The van der Waals surface area contributed by atoms with E-state index in [1.54, 1.807) is 0 Å². The molecule has 0 aliphatic carbocycles. The first-order chi connectivity index (χ1) is 12.4. The first-order valence-corrected chi connectivity index (χ1v) is 8.44. The van der Waals surface area contributed by atoms with Gasteiger partial charge in [-0.15, -0.1) is 0 Å². The van der Waals surface area contributed by atoms with Gasteiger partial charge in [0.1, 0.15) is 0 Å². The Morgan fingerprint density at radius 2 is 1.92 bits per heavy atom. The first-order valence-electron chi connectivity index (χ1n) is 8.44. The minimum absolute atomic E-state index is 0.0599. The molecule has 1 aliphatic rings.